The third-order valence-corrected chi connectivity index (χ3v) is 5.44. The molecule has 3 rings (SSSR count). The molecule has 0 spiro atoms. The third-order valence-electron chi connectivity index (χ3n) is 5.44. The molecule has 2 amide bonds. The van der Waals surface area contributed by atoms with E-state index in [1.54, 1.807) is 20.4 Å². The quantitative estimate of drug-likeness (QED) is 0.549. The van der Waals surface area contributed by atoms with Gasteiger partial charge in [0, 0.05) is 51.2 Å². The summed E-state index contributed by atoms with van der Waals surface area (Å²) in [5.74, 6) is 2.09. The molecule has 1 aliphatic heterocycles. The number of hydrogen-bond donors (Lipinski definition) is 2. The molecule has 2 heterocycles. The minimum Gasteiger partial charge on any atom is -0.497 e. The maximum Gasteiger partial charge on any atom is 0.237 e. The lowest BCUT2D eigenvalue weighted by Gasteiger charge is -2.34. The fraction of sp³-hybridized carbons (Fsp3) is 0.500. The lowest BCUT2D eigenvalue weighted by atomic mass is 10.1. The fourth-order valence-corrected chi connectivity index (χ4v) is 3.73. The Kier molecular flexibility index (Phi) is 7.88. The van der Waals surface area contributed by atoms with E-state index in [0.717, 1.165) is 24.4 Å². The normalized spacial score (nSPS) is 16.6. The number of aromatic nitrogens is 2. The van der Waals surface area contributed by atoms with Crippen LogP contribution in [0.15, 0.2) is 30.6 Å². The number of nitrogens with zero attached hydrogens (tertiary/aromatic N) is 3. The average molecular weight is 430 g/mol. The van der Waals surface area contributed by atoms with Gasteiger partial charge in [0.15, 0.2) is 0 Å². The van der Waals surface area contributed by atoms with Crippen molar-refractivity contribution in [3.8, 4) is 11.5 Å². The molecule has 1 aromatic carbocycles. The van der Waals surface area contributed by atoms with E-state index in [4.69, 9.17) is 9.47 Å². The highest BCUT2D eigenvalue weighted by molar-refractivity contribution is 5.88. The Morgan fingerprint density at radius 2 is 2.00 bits per heavy atom. The Morgan fingerprint density at radius 3 is 2.65 bits per heavy atom. The van der Waals surface area contributed by atoms with Crippen LogP contribution in [0, 0.1) is 6.92 Å². The lowest BCUT2D eigenvalue weighted by molar-refractivity contribution is -0.134. The van der Waals surface area contributed by atoms with Gasteiger partial charge in [-0.05, 0) is 31.0 Å². The first-order valence-corrected chi connectivity index (χ1v) is 10.5. The van der Waals surface area contributed by atoms with Gasteiger partial charge in [-0.25, -0.2) is 4.98 Å². The maximum atomic E-state index is 12.5. The van der Waals surface area contributed by atoms with E-state index in [2.05, 4.69) is 15.6 Å². The second-order valence-corrected chi connectivity index (χ2v) is 7.57. The van der Waals surface area contributed by atoms with Crippen molar-refractivity contribution in [1.82, 2.24) is 25.1 Å². The molecular formula is C22H31N5O4. The topological polar surface area (TPSA) is 97.7 Å². The minimum atomic E-state index is -0.512. The SMILES string of the molecule is COc1cc(CN2CCNC(=O)C2CC(=O)NCCCn2ccnc2C)cc(OC)c1. The van der Waals surface area contributed by atoms with E-state index in [1.807, 2.05) is 40.8 Å². The standard InChI is InChI=1S/C22H31N5O4/c1-16-23-6-9-26(16)8-4-5-24-21(28)14-20-22(29)25-7-10-27(20)15-17-11-18(30-2)13-19(12-17)31-3/h6,9,11-13,20H,4-5,7-8,10,14-15H2,1-3H3,(H,24,28)(H,25,29). The Hall–Kier alpha value is -3.07. The van der Waals surface area contributed by atoms with E-state index in [-0.39, 0.29) is 18.2 Å². The van der Waals surface area contributed by atoms with Crippen LogP contribution in [-0.4, -0.2) is 66.2 Å². The Balaban J connectivity index is 1.55. The molecule has 1 aliphatic rings. The lowest BCUT2D eigenvalue weighted by Crippen LogP contribution is -2.56. The molecule has 1 saturated heterocycles. The predicted octanol–water partition coefficient (Wildman–Crippen LogP) is 1.11. The molecule has 9 heteroatoms. The van der Waals surface area contributed by atoms with E-state index in [9.17, 15) is 9.59 Å². The number of rotatable bonds is 10. The summed E-state index contributed by atoms with van der Waals surface area (Å²) in [5.41, 5.74) is 0.965. The van der Waals surface area contributed by atoms with Gasteiger partial charge in [-0.2, -0.15) is 0 Å². The number of aryl methyl sites for hydroxylation is 2. The van der Waals surface area contributed by atoms with Gasteiger partial charge in [-0.3, -0.25) is 14.5 Å². The Morgan fingerprint density at radius 1 is 1.26 bits per heavy atom. The van der Waals surface area contributed by atoms with Crippen LogP contribution < -0.4 is 20.1 Å². The van der Waals surface area contributed by atoms with Gasteiger partial charge in [0.05, 0.1) is 26.7 Å². The second-order valence-electron chi connectivity index (χ2n) is 7.57. The summed E-state index contributed by atoms with van der Waals surface area (Å²) >= 11 is 0. The number of carbonyl (C=O) groups is 2. The smallest absolute Gasteiger partial charge is 0.237 e. The van der Waals surface area contributed by atoms with Gasteiger partial charge in [0.2, 0.25) is 11.8 Å². The first-order valence-electron chi connectivity index (χ1n) is 10.5. The predicted molar refractivity (Wildman–Crippen MR) is 116 cm³/mol. The highest BCUT2D eigenvalue weighted by Crippen LogP contribution is 2.24. The van der Waals surface area contributed by atoms with Crippen molar-refractivity contribution < 1.29 is 19.1 Å². The zero-order chi connectivity index (χ0) is 22.2. The van der Waals surface area contributed by atoms with E-state index < -0.39 is 6.04 Å². The molecule has 1 fully saturated rings. The summed E-state index contributed by atoms with van der Waals surface area (Å²) in [5, 5.41) is 5.80. The second kappa shape index (κ2) is 10.8. The molecule has 1 atom stereocenters. The average Bonchev–Trinajstić information content (AvgIpc) is 3.18. The summed E-state index contributed by atoms with van der Waals surface area (Å²) in [6.07, 6.45) is 4.61. The van der Waals surface area contributed by atoms with Crippen molar-refractivity contribution >= 4 is 11.8 Å². The number of nitrogens with one attached hydrogen (secondary N) is 2. The summed E-state index contributed by atoms with van der Waals surface area (Å²) in [6.45, 7) is 5.05. The Labute approximate surface area is 182 Å². The molecule has 0 aliphatic carbocycles. The van der Waals surface area contributed by atoms with Crippen molar-refractivity contribution in [3.05, 3.63) is 42.0 Å². The summed E-state index contributed by atoms with van der Waals surface area (Å²) < 4.78 is 12.7. The molecule has 1 aromatic heterocycles. The monoisotopic (exact) mass is 429 g/mol. The van der Waals surface area contributed by atoms with Gasteiger partial charge < -0.3 is 24.7 Å². The number of hydrogen-bond acceptors (Lipinski definition) is 6. The van der Waals surface area contributed by atoms with Crippen molar-refractivity contribution in [3.63, 3.8) is 0 Å². The van der Waals surface area contributed by atoms with Crippen LogP contribution >= 0.6 is 0 Å². The summed E-state index contributed by atoms with van der Waals surface area (Å²) in [7, 11) is 3.21. The van der Waals surface area contributed by atoms with Crippen LogP contribution in [0.3, 0.4) is 0 Å². The Bertz CT molecular complexity index is 876. The summed E-state index contributed by atoms with van der Waals surface area (Å²) in [4.78, 5) is 31.2. The van der Waals surface area contributed by atoms with Gasteiger partial charge in [0.25, 0.3) is 0 Å². The number of amides is 2. The number of piperazine rings is 1. The molecule has 1 unspecified atom stereocenters. The highest BCUT2D eigenvalue weighted by atomic mass is 16.5. The first kappa shape index (κ1) is 22.6. The molecular weight excluding hydrogens is 398 g/mol. The molecule has 168 valence electrons. The molecule has 9 nitrogen and oxygen atoms in total. The van der Waals surface area contributed by atoms with Crippen molar-refractivity contribution in [2.75, 3.05) is 33.9 Å². The van der Waals surface area contributed by atoms with E-state index in [1.165, 1.54) is 0 Å². The molecule has 2 aromatic rings. The number of imidazole rings is 1. The van der Waals surface area contributed by atoms with Crippen LogP contribution in [0.2, 0.25) is 0 Å². The number of methoxy groups -OCH3 is 2. The molecule has 2 N–H and O–H groups in total. The number of benzene rings is 1. The maximum absolute atomic E-state index is 12.5. The van der Waals surface area contributed by atoms with Crippen LogP contribution in [-0.2, 0) is 22.7 Å². The van der Waals surface area contributed by atoms with E-state index in [0.29, 0.717) is 37.7 Å². The van der Waals surface area contributed by atoms with Crippen molar-refractivity contribution in [2.24, 2.45) is 0 Å². The molecule has 0 radical (unpaired) electrons. The minimum absolute atomic E-state index is 0.120. The summed E-state index contributed by atoms with van der Waals surface area (Å²) in [6, 6.07) is 5.14. The van der Waals surface area contributed by atoms with Crippen LogP contribution in [0.5, 0.6) is 11.5 Å². The molecule has 0 bridgehead atoms. The zero-order valence-electron chi connectivity index (χ0n) is 18.4. The van der Waals surface area contributed by atoms with E-state index >= 15 is 0 Å². The third kappa shape index (κ3) is 6.21. The first-order chi connectivity index (χ1) is 15.0. The van der Waals surface area contributed by atoms with Gasteiger partial charge in [0.1, 0.15) is 17.3 Å². The van der Waals surface area contributed by atoms with Crippen LogP contribution in [0.4, 0.5) is 0 Å². The molecule has 0 saturated carbocycles. The van der Waals surface area contributed by atoms with Gasteiger partial charge >= 0.3 is 0 Å². The van der Waals surface area contributed by atoms with Crippen molar-refractivity contribution in [1.29, 1.82) is 0 Å². The number of ether oxygens (including phenoxy) is 2. The number of carbonyl (C=O) groups excluding carboxylic acids is 2. The van der Waals surface area contributed by atoms with Gasteiger partial charge in [-0.1, -0.05) is 0 Å². The largest absolute Gasteiger partial charge is 0.497 e. The van der Waals surface area contributed by atoms with Crippen LogP contribution in [0.1, 0.15) is 24.2 Å². The van der Waals surface area contributed by atoms with Gasteiger partial charge in [-0.15, -0.1) is 0 Å². The zero-order valence-corrected chi connectivity index (χ0v) is 18.4. The molecule has 31 heavy (non-hydrogen) atoms. The van der Waals surface area contributed by atoms with Crippen molar-refractivity contribution in [2.45, 2.75) is 38.9 Å². The van der Waals surface area contributed by atoms with Crippen LogP contribution in [0.25, 0.3) is 0 Å². The fourth-order valence-electron chi connectivity index (χ4n) is 3.73. The highest BCUT2D eigenvalue weighted by Gasteiger charge is 2.31.